The average Bonchev–Trinajstić information content (AvgIpc) is 3.23. The molecular formula is C54H95NO3. The second-order valence-corrected chi connectivity index (χ2v) is 16.5. The van der Waals surface area contributed by atoms with Crippen molar-refractivity contribution in [3.8, 4) is 0 Å². The highest BCUT2D eigenvalue weighted by Gasteiger charge is 2.17. The molecule has 0 radical (unpaired) electrons. The van der Waals surface area contributed by atoms with E-state index >= 15 is 0 Å². The average molecular weight is 806 g/mol. The minimum Gasteiger partial charge on any atom is -0.394 e. The number of rotatable bonds is 44. The molecule has 0 spiro atoms. The first-order chi connectivity index (χ1) is 28.7. The van der Waals surface area contributed by atoms with Crippen molar-refractivity contribution >= 4 is 5.91 Å². The number of aliphatic hydroxyl groups is 2. The summed E-state index contributed by atoms with van der Waals surface area (Å²) in [7, 11) is 0. The van der Waals surface area contributed by atoms with E-state index in [0.29, 0.717) is 0 Å². The third-order valence-corrected chi connectivity index (χ3v) is 10.9. The second kappa shape index (κ2) is 48.9. The third kappa shape index (κ3) is 44.7. The first-order valence-electron chi connectivity index (χ1n) is 24.8. The van der Waals surface area contributed by atoms with Gasteiger partial charge in [-0.1, -0.05) is 253 Å². The lowest BCUT2D eigenvalue weighted by Crippen LogP contribution is -2.44. The van der Waals surface area contributed by atoms with Crippen LogP contribution in [0.3, 0.4) is 0 Å². The zero-order chi connectivity index (χ0) is 42.1. The Morgan fingerprint density at radius 1 is 0.431 bits per heavy atom. The summed E-state index contributed by atoms with van der Waals surface area (Å²) in [6.45, 7) is 4.14. The molecule has 334 valence electrons. The summed E-state index contributed by atoms with van der Waals surface area (Å²) in [6.07, 6.45) is 71.9. The molecule has 3 N–H and O–H groups in total. The van der Waals surface area contributed by atoms with Crippen LogP contribution in [0.25, 0.3) is 0 Å². The van der Waals surface area contributed by atoms with Gasteiger partial charge in [-0.3, -0.25) is 4.79 Å². The first-order valence-corrected chi connectivity index (χ1v) is 24.8. The molecule has 2 unspecified atom stereocenters. The number of hydrogen-bond acceptors (Lipinski definition) is 3. The molecule has 0 bridgehead atoms. The SMILES string of the molecule is CC/C=C\C/C=C\C/C=C\C/C=C\C/C=C\CC(=O)NC(CO)C(O)/C=C/CC/C=C/CCCCCCCCCCCCCCCCCCCCCCCCCCC. The number of unbranched alkanes of at least 4 members (excludes halogenated alkanes) is 26. The van der Waals surface area contributed by atoms with Crippen molar-refractivity contribution in [1.29, 1.82) is 0 Å². The Morgan fingerprint density at radius 3 is 1.17 bits per heavy atom. The Bertz CT molecular complexity index is 1050. The fraction of sp³-hybridized carbons (Fsp3) is 0.722. The van der Waals surface area contributed by atoms with Gasteiger partial charge < -0.3 is 15.5 Å². The molecule has 0 aliphatic carbocycles. The molecule has 4 heteroatoms. The molecule has 2 atom stereocenters. The topological polar surface area (TPSA) is 69.6 Å². The van der Waals surface area contributed by atoms with E-state index in [4.69, 9.17) is 0 Å². The molecule has 58 heavy (non-hydrogen) atoms. The van der Waals surface area contributed by atoms with Gasteiger partial charge >= 0.3 is 0 Å². The summed E-state index contributed by atoms with van der Waals surface area (Å²) in [4.78, 5) is 12.3. The third-order valence-electron chi connectivity index (χ3n) is 10.9. The number of allylic oxidation sites excluding steroid dienone is 12. The van der Waals surface area contributed by atoms with E-state index in [0.717, 1.165) is 51.4 Å². The van der Waals surface area contributed by atoms with E-state index in [1.54, 1.807) is 6.08 Å². The molecule has 1 amide bonds. The van der Waals surface area contributed by atoms with Gasteiger partial charge in [0.1, 0.15) is 0 Å². The van der Waals surface area contributed by atoms with Crippen molar-refractivity contribution in [3.05, 3.63) is 85.1 Å². The summed E-state index contributed by atoms with van der Waals surface area (Å²) in [5.74, 6) is -0.202. The van der Waals surface area contributed by atoms with E-state index in [9.17, 15) is 15.0 Å². The van der Waals surface area contributed by atoms with Crippen LogP contribution in [0.2, 0.25) is 0 Å². The Hall–Kier alpha value is -2.43. The summed E-state index contributed by atoms with van der Waals surface area (Å²) < 4.78 is 0. The molecule has 0 saturated heterocycles. The Morgan fingerprint density at radius 2 is 0.776 bits per heavy atom. The Labute approximate surface area is 361 Å². The van der Waals surface area contributed by atoms with Gasteiger partial charge in [0.15, 0.2) is 0 Å². The minimum atomic E-state index is -0.907. The monoisotopic (exact) mass is 806 g/mol. The molecule has 0 aliphatic heterocycles. The molecule has 0 aromatic carbocycles. The highest BCUT2D eigenvalue weighted by molar-refractivity contribution is 5.77. The van der Waals surface area contributed by atoms with Gasteiger partial charge in [0.05, 0.1) is 18.8 Å². The summed E-state index contributed by atoms with van der Waals surface area (Å²) in [5.41, 5.74) is 0. The van der Waals surface area contributed by atoms with Crippen LogP contribution in [0, 0.1) is 0 Å². The highest BCUT2D eigenvalue weighted by atomic mass is 16.3. The summed E-state index contributed by atoms with van der Waals surface area (Å²) >= 11 is 0. The van der Waals surface area contributed by atoms with Crippen LogP contribution >= 0.6 is 0 Å². The van der Waals surface area contributed by atoms with Gasteiger partial charge in [-0.15, -0.1) is 0 Å². The number of amides is 1. The fourth-order valence-corrected chi connectivity index (χ4v) is 7.15. The van der Waals surface area contributed by atoms with Crippen molar-refractivity contribution in [2.75, 3.05) is 6.61 Å². The van der Waals surface area contributed by atoms with Crippen LogP contribution in [0.5, 0.6) is 0 Å². The molecule has 0 rings (SSSR count). The van der Waals surface area contributed by atoms with Crippen LogP contribution in [0.4, 0.5) is 0 Å². The van der Waals surface area contributed by atoms with E-state index in [-0.39, 0.29) is 18.9 Å². The normalized spacial score (nSPS) is 13.7. The predicted molar refractivity (Wildman–Crippen MR) is 257 cm³/mol. The van der Waals surface area contributed by atoms with Gasteiger partial charge in [-0.25, -0.2) is 0 Å². The van der Waals surface area contributed by atoms with E-state index in [2.05, 4.69) is 79.9 Å². The van der Waals surface area contributed by atoms with Gasteiger partial charge in [0.2, 0.25) is 5.91 Å². The van der Waals surface area contributed by atoms with Crippen LogP contribution in [0.15, 0.2) is 85.1 Å². The van der Waals surface area contributed by atoms with Crippen molar-refractivity contribution in [1.82, 2.24) is 5.32 Å². The Balaban J connectivity index is 3.60. The van der Waals surface area contributed by atoms with Crippen molar-refractivity contribution < 1.29 is 15.0 Å². The molecule has 0 aromatic rings. The van der Waals surface area contributed by atoms with Crippen molar-refractivity contribution in [2.24, 2.45) is 0 Å². The minimum absolute atomic E-state index is 0.202. The van der Waals surface area contributed by atoms with Crippen molar-refractivity contribution in [3.63, 3.8) is 0 Å². The number of aliphatic hydroxyl groups excluding tert-OH is 2. The predicted octanol–water partition coefficient (Wildman–Crippen LogP) is 16.0. The maximum absolute atomic E-state index is 12.3. The van der Waals surface area contributed by atoms with Gasteiger partial charge in [-0.2, -0.15) is 0 Å². The number of hydrogen-bond donors (Lipinski definition) is 3. The van der Waals surface area contributed by atoms with Crippen LogP contribution in [-0.4, -0.2) is 34.9 Å². The first kappa shape index (κ1) is 55.6. The van der Waals surface area contributed by atoms with E-state index < -0.39 is 12.1 Å². The largest absolute Gasteiger partial charge is 0.394 e. The standard InChI is InChI=1S/C54H95NO3/c1-3-5-7-9-11-13-15-17-19-20-21-22-23-24-25-26-27-28-29-30-31-32-33-34-36-37-39-41-43-45-47-49-53(57)52(51-56)55-54(58)50-48-46-44-42-40-38-35-18-16-14-12-10-8-6-4-2/h6,8,12,14,18,35,39-42,46-49,52-53,56-57H,3-5,7,9-11,13,15-17,19-34,36-38,43-45,50-51H2,1-2H3,(H,55,58)/b8-6-,14-12-,35-18-,41-39+,42-40-,48-46-,49-47+. The zero-order valence-electron chi connectivity index (χ0n) is 38.3. The lowest BCUT2D eigenvalue weighted by atomic mass is 10.0. The number of nitrogens with one attached hydrogen (secondary N) is 1. The fourth-order valence-electron chi connectivity index (χ4n) is 7.15. The van der Waals surface area contributed by atoms with Gasteiger partial charge in [0.25, 0.3) is 0 Å². The lowest BCUT2D eigenvalue weighted by Gasteiger charge is -2.19. The van der Waals surface area contributed by atoms with E-state index in [1.807, 2.05) is 18.2 Å². The Kier molecular flexibility index (Phi) is 46.9. The van der Waals surface area contributed by atoms with Crippen LogP contribution in [-0.2, 0) is 4.79 Å². The van der Waals surface area contributed by atoms with Crippen molar-refractivity contribution in [2.45, 2.75) is 244 Å². The van der Waals surface area contributed by atoms with E-state index in [1.165, 1.54) is 161 Å². The molecule has 0 heterocycles. The highest BCUT2D eigenvalue weighted by Crippen LogP contribution is 2.16. The maximum Gasteiger partial charge on any atom is 0.224 e. The quantitative estimate of drug-likeness (QED) is 0.0424. The lowest BCUT2D eigenvalue weighted by molar-refractivity contribution is -0.122. The molecule has 0 aromatic heterocycles. The summed E-state index contributed by atoms with van der Waals surface area (Å²) in [5, 5.41) is 22.9. The number of carbonyl (C=O) groups excluding carboxylic acids is 1. The molecule has 4 nitrogen and oxygen atoms in total. The second-order valence-electron chi connectivity index (χ2n) is 16.5. The molecule has 0 aliphatic rings. The van der Waals surface area contributed by atoms with Crippen LogP contribution in [0.1, 0.15) is 232 Å². The molecular weight excluding hydrogens is 711 g/mol. The van der Waals surface area contributed by atoms with Crippen LogP contribution < -0.4 is 5.32 Å². The smallest absolute Gasteiger partial charge is 0.224 e. The summed E-state index contributed by atoms with van der Waals surface area (Å²) in [6, 6.07) is -0.699. The molecule has 0 saturated carbocycles. The molecule has 0 fully saturated rings. The van der Waals surface area contributed by atoms with Gasteiger partial charge in [0, 0.05) is 6.42 Å². The zero-order valence-corrected chi connectivity index (χ0v) is 38.3. The maximum atomic E-state index is 12.3. The number of carbonyl (C=O) groups is 1. The van der Waals surface area contributed by atoms with Gasteiger partial charge in [-0.05, 0) is 57.8 Å².